The Hall–Kier alpha value is -6.54. The van der Waals surface area contributed by atoms with Gasteiger partial charge in [-0.25, -0.2) is 19.6 Å². The lowest BCUT2D eigenvalue weighted by Gasteiger charge is -2.30. The lowest BCUT2D eigenvalue weighted by Crippen LogP contribution is -2.51. The van der Waals surface area contributed by atoms with Gasteiger partial charge in [0.25, 0.3) is 0 Å². The molecule has 4 N–H and O–H groups in total. The lowest BCUT2D eigenvalue weighted by molar-refractivity contribution is -0.136. The van der Waals surface area contributed by atoms with Crippen LogP contribution < -0.4 is 10.6 Å². The van der Waals surface area contributed by atoms with Gasteiger partial charge in [0.15, 0.2) is 0 Å². The molecule has 0 unspecified atom stereocenters. The van der Waals surface area contributed by atoms with Crippen molar-refractivity contribution in [3.05, 3.63) is 83.7 Å². The van der Waals surface area contributed by atoms with Crippen LogP contribution in [0.4, 0.5) is 9.59 Å². The molecule has 4 heterocycles. The largest absolute Gasteiger partial charge is 0.453 e. The molecule has 2 fully saturated rings. The van der Waals surface area contributed by atoms with E-state index in [4.69, 9.17) is 9.47 Å². The molecule has 0 bridgehead atoms. The summed E-state index contributed by atoms with van der Waals surface area (Å²) < 4.78 is 9.48. The number of aromatic nitrogens is 4. The predicted molar refractivity (Wildman–Crippen MR) is 218 cm³/mol. The number of methoxy groups -OCH3 is 2. The van der Waals surface area contributed by atoms with E-state index in [1.54, 1.807) is 22.2 Å². The first-order valence-electron chi connectivity index (χ1n) is 19.6. The van der Waals surface area contributed by atoms with Crippen LogP contribution in [0.25, 0.3) is 22.5 Å². The first-order valence-corrected chi connectivity index (χ1v) is 19.6. The van der Waals surface area contributed by atoms with Crippen molar-refractivity contribution < 1.29 is 28.7 Å². The molecule has 0 saturated carbocycles. The van der Waals surface area contributed by atoms with E-state index in [2.05, 4.69) is 54.3 Å². The number of nitrogens with zero attached hydrogens (tertiary/aromatic N) is 4. The minimum atomic E-state index is -0.692. The minimum Gasteiger partial charge on any atom is -0.453 e. The molecule has 0 radical (unpaired) electrons. The third-order valence-corrected chi connectivity index (χ3v) is 10.5. The molecule has 2 aromatic carbocycles. The molecule has 4 atom stereocenters. The number of hydrogen-bond donors (Lipinski definition) is 4. The summed E-state index contributed by atoms with van der Waals surface area (Å²) >= 11 is 0. The van der Waals surface area contributed by atoms with Gasteiger partial charge in [-0.2, -0.15) is 0 Å². The molecule has 14 heteroatoms. The summed E-state index contributed by atoms with van der Waals surface area (Å²) in [7, 11) is 2.57. The van der Waals surface area contributed by atoms with Crippen LogP contribution in [0.3, 0.4) is 0 Å². The molecule has 2 saturated heterocycles. The monoisotopic (exact) mass is 786 g/mol. The number of likely N-dealkylation sites (tertiary alicyclic amines) is 2. The number of carbonyl (C=O) groups is 4. The third-order valence-electron chi connectivity index (χ3n) is 10.5. The van der Waals surface area contributed by atoms with Crippen molar-refractivity contribution in [2.45, 2.75) is 77.5 Å². The summed E-state index contributed by atoms with van der Waals surface area (Å²) in [5, 5.41) is 5.36. The first-order chi connectivity index (χ1) is 28.0. The number of benzene rings is 2. The molecule has 2 aromatic heterocycles. The fourth-order valence-electron chi connectivity index (χ4n) is 7.36. The van der Waals surface area contributed by atoms with Crippen LogP contribution in [0.2, 0.25) is 0 Å². The molecular weight excluding hydrogens is 737 g/mol. The predicted octanol–water partition coefficient (Wildman–Crippen LogP) is 5.96. The standard InChI is InChI=1S/C44H50N8O6/c1-27(2)37(49-43(55)57-5)41(53)51-23-9-13-35(51)39-45-25-33(47-39)31-19-15-29(16-20-31)11-7-8-12-30-17-21-32(22-18-30)34-26-46-40(48-34)36-14-10-24-52(36)42(54)38(28(3)4)50-44(56)58-6/h15-22,25-28,35-38H,9-10,13-14,23-24H2,1-6H3,(H,45,47)(H,46,48)(H,49,55)(H,50,56)/t35-,36-,37+,38+/m0/s1. The van der Waals surface area contributed by atoms with E-state index in [1.807, 2.05) is 76.2 Å². The smallest absolute Gasteiger partial charge is 0.407 e. The normalized spacial score (nSPS) is 17.2. The number of rotatable bonds is 10. The molecule has 6 rings (SSSR count). The van der Waals surface area contributed by atoms with Crippen LogP contribution in [0.15, 0.2) is 60.9 Å². The highest BCUT2D eigenvalue weighted by atomic mass is 16.5. The number of nitrogens with one attached hydrogen (secondary N) is 4. The van der Waals surface area contributed by atoms with Gasteiger partial charge >= 0.3 is 12.2 Å². The van der Waals surface area contributed by atoms with Crippen molar-refractivity contribution in [2.75, 3.05) is 27.3 Å². The minimum absolute atomic E-state index is 0.108. The number of hydrogen-bond acceptors (Lipinski definition) is 8. The van der Waals surface area contributed by atoms with Gasteiger partial charge < -0.3 is 39.9 Å². The van der Waals surface area contributed by atoms with Crippen LogP contribution in [-0.2, 0) is 19.1 Å². The highest BCUT2D eigenvalue weighted by molar-refractivity contribution is 5.87. The van der Waals surface area contributed by atoms with Crippen molar-refractivity contribution >= 4 is 24.0 Å². The van der Waals surface area contributed by atoms with Crippen LogP contribution >= 0.6 is 0 Å². The lowest BCUT2D eigenvalue weighted by atomic mass is 10.0. The number of amides is 4. The number of alkyl carbamates (subject to hydrolysis) is 2. The van der Waals surface area contributed by atoms with Crippen LogP contribution in [-0.4, -0.2) is 93.1 Å². The fraction of sp³-hybridized carbons (Fsp3) is 0.409. The second-order valence-corrected chi connectivity index (χ2v) is 15.1. The van der Waals surface area contributed by atoms with Crippen LogP contribution in [0.1, 0.15) is 88.2 Å². The Morgan fingerprint density at radius 2 is 1.03 bits per heavy atom. The van der Waals surface area contributed by atoms with E-state index >= 15 is 0 Å². The van der Waals surface area contributed by atoms with Crippen LogP contribution in [0, 0.1) is 35.5 Å². The van der Waals surface area contributed by atoms with Crippen molar-refractivity contribution in [2.24, 2.45) is 11.8 Å². The molecular formula is C44H50N8O6. The summed E-state index contributed by atoms with van der Waals surface area (Å²) in [6.07, 6.45) is 5.52. The summed E-state index contributed by atoms with van der Waals surface area (Å²) in [4.78, 5) is 70.4. The maximum atomic E-state index is 13.5. The Labute approximate surface area is 338 Å². The van der Waals surface area contributed by atoms with E-state index in [1.165, 1.54) is 14.2 Å². The summed E-state index contributed by atoms with van der Waals surface area (Å²) in [6.45, 7) is 8.75. The zero-order valence-corrected chi connectivity index (χ0v) is 33.7. The SMILES string of the molecule is COC(=O)N[C@@H](C(=O)N1CCC[C@H]1c1ncc(-c2ccc(C#CC#Cc3ccc(-c4cnc([C@@H]5CCCN5C(=O)[C@H](NC(=O)OC)C(C)C)[nH]4)cc3)cc2)[nH]1)C(C)C. The van der Waals surface area contributed by atoms with Crippen molar-refractivity contribution in [3.8, 4) is 46.2 Å². The van der Waals surface area contributed by atoms with Gasteiger partial charge in [0, 0.05) is 24.2 Å². The maximum absolute atomic E-state index is 13.5. The number of H-pyrrole nitrogens is 2. The maximum Gasteiger partial charge on any atom is 0.407 e. The zero-order valence-electron chi connectivity index (χ0n) is 33.7. The molecule has 0 spiro atoms. The van der Waals surface area contributed by atoms with Crippen molar-refractivity contribution in [3.63, 3.8) is 0 Å². The Morgan fingerprint density at radius 3 is 1.38 bits per heavy atom. The Kier molecular flexibility index (Phi) is 13.2. The number of carbonyl (C=O) groups excluding carboxylic acids is 4. The van der Waals surface area contributed by atoms with E-state index in [0.29, 0.717) is 24.7 Å². The second kappa shape index (κ2) is 18.6. The number of imidazole rings is 2. The van der Waals surface area contributed by atoms with E-state index in [9.17, 15) is 19.2 Å². The Bertz CT molecular complexity index is 2060. The van der Waals surface area contributed by atoms with E-state index in [0.717, 1.165) is 59.3 Å². The number of ether oxygens (including phenoxy) is 2. The van der Waals surface area contributed by atoms with Gasteiger partial charge in [0.2, 0.25) is 11.8 Å². The summed E-state index contributed by atoms with van der Waals surface area (Å²) in [6, 6.07) is 13.8. The van der Waals surface area contributed by atoms with Gasteiger partial charge in [-0.3, -0.25) is 9.59 Å². The van der Waals surface area contributed by atoms with E-state index < -0.39 is 24.3 Å². The third kappa shape index (κ3) is 9.52. The molecule has 58 heavy (non-hydrogen) atoms. The molecule has 302 valence electrons. The van der Waals surface area contributed by atoms with Crippen LogP contribution in [0.5, 0.6) is 0 Å². The van der Waals surface area contributed by atoms with Gasteiger partial charge in [-0.1, -0.05) is 63.8 Å². The molecule has 4 amide bonds. The fourth-order valence-corrected chi connectivity index (χ4v) is 7.36. The van der Waals surface area contributed by atoms with Gasteiger partial charge in [0.05, 0.1) is 50.1 Å². The summed E-state index contributed by atoms with van der Waals surface area (Å²) in [5.74, 6) is 13.0. The quantitative estimate of drug-likeness (QED) is 0.143. The molecule has 2 aliphatic rings. The van der Waals surface area contributed by atoms with Crippen molar-refractivity contribution in [1.82, 2.24) is 40.4 Å². The van der Waals surface area contributed by atoms with Crippen molar-refractivity contribution in [1.29, 1.82) is 0 Å². The summed E-state index contributed by atoms with van der Waals surface area (Å²) in [5.41, 5.74) is 5.16. The molecule has 14 nitrogen and oxygen atoms in total. The van der Waals surface area contributed by atoms with E-state index in [-0.39, 0.29) is 35.7 Å². The Balaban J connectivity index is 1.05. The average molecular weight is 787 g/mol. The molecule has 0 aliphatic carbocycles. The topological polar surface area (TPSA) is 175 Å². The first kappa shape index (κ1) is 41.1. The van der Waals surface area contributed by atoms with Gasteiger partial charge in [-0.05, 0) is 84.8 Å². The zero-order chi connectivity index (χ0) is 41.3. The Morgan fingerprint density at radius 1 is 0.655 bits per heavy atom. The second-order valence-electron chi connectivity index (χ2n) is 15.1. The molecule has 4 aromatic rings. The molecule has 2 aliphatic heterocycles. The highest BCUT2D eigenvalue weighted by Gasteiger charge is 2.39. The number of aromatic amines is 2. The van der Waals surface area contributed by atoms with Gasteiger partial charge in [0.1, 0.15) is 23.7 Å². The van der Waals surface area contributed by atoms with Gasteiger partial charge in [-0.15, -0.1) is 0 Å². The highest BCUT2D eigenvalue weighted by Crippen LogP contribution is 2.34. The average Bonchev–Trinajstić information content (AvgIpc) is 4.07.